The van der Waals surface area contributed by atoms with Crippen LogP contribution < -0.4 is 0 Å². The molecule has 3 fully saturated rings. The fourth-order valence-corrected chi connectivity index (χ4v) is 8.35. The zero-order valence-electron chi connectivity index (χ0n) is 20.9. The third-order valence-electron chi connectivity index (χ3n) is 9.95. The van der Waals surface area contributed by atoms with E-state index in [0.29, 0.717) is 17.8 Å². The zero-order chi connectivity index (χ0) is 24.3. The quantitative estimate of drug-likeness (QED) is 0.443. The monoisotopic (exact) mass is 466 g/mol. The maximum atomic E-state index is 11.9. The topological polar surface area (TPSA) is 72.8 Å². The van der Waals surface area contributed by atoms with Crippen molar-refractivity contribution in [2.75, 3.05) is 0 Å². The molecule has 4 aliphatic rings. The second-order valence-electron chi connectivity index (χ2n) is 11.7. The molecule has 0 spiro atoms. The highest BCUT2D eigenvalue weighted by atomic mass is 16.5. The average molecular weight is 467 g/mol. The summed E-state index contributed by atoms with van der Waals surface area (Å²) in [5.74, 6) is 1.63. The van der Waals surface area contributed by atoms with Crippen molar-refractivity contribution in [2.24, 2.45) is 28.6 Å². The molecule has 0 bridgehead atoms. The first-order chi connectivity index (χ1) is 16.1. The van der Waals surface area contributed by atoms with E-state index in [-0.39, 0.29) is 46.6 Å². The Morgan fingerprint density at radius 1 is 0.912 bits per heavy atom. The SMILES string of the molecule is CC(=O)O[C@H]1CC[C@@]2(C)C(=C[C@H](c3ccc(O)cc3)[C@H]3[C@@H]4CC[C@H](OC(C)=O)[C@@]4(C)CC[C@@H]32)C1. The van der Waals surface area contributed by atoms with Crippen molar-refractivity contribution in [1.82, 2.24) is 0 Å². The molecule has 5 heteroatoms. The Morgan fingerprint density at radius 2 is 1.62 bits per heavy atom. The Kier molecular flexibility index (Phi) is 5.81. The van der Waals surface area contributed by atoms with Crippen LogP contribution >= 0.6 is 0 Å². The van der Waals surface area contributed by atoms with Crippen LogP contribution in [0.4, 0.5) is 0 Å². The minimum atomic E-state index is -0.200. The second kappa shape index (κ2) is 8.42. The molecule has 0 radical (unpaired) electrons. The predicted octanol–water partition coefficient (Wildman–Crippen LogP) is 5.91. The largest absolute Gasteiger partial charge is 0.508 e. The normalized spacial score (nSPS) is 40.9. The third kappa shape index (κ3) is 3.76. The van der Waals surface area contributed by atoms with Crippen LogP contribution in [0.2, 0.25) is 0 Å². The molecule has 5 rings (SSSR count). The summed E-state index contributed by atoms with van der Waals surface area (Å²) >= 11 is 0. The first kappa shape index (κ1) is 23.4. The van der Waals surface area contributed by atoms with Gasteiger partial charge in [-0.1, -0.05) is 37.6 Å². The van der Waals surface area contributed by atoms with Crippen molar-refractivity contribution < 1.29 is 24.2 Å². The van der Waals surface area contributed by atoms with Crippen LogP contribution in [0, 0.1) is 28.6 Å². The number of esters is 2. The molecule has 1 aromatic rings. The standard InChI is InChI=1S/C29H38O5/c1-17(30)33-22-11-13-28(3)20(15-22)16-23(19-5-7-21(32)8-6-19)27-24-9-10-26(34-18(2)31)29(24,4)14-12-25(27)28/h5-8,16,22-27,32H,9-15H2,1-4H3/t22-,23+,24-,25-,26-,27-,28-,29-/m0/s1. The first-order valence-corrected chi connectivity index (χ1v) is 13.0. The van der Waals surface area contributed by atoms with Crippen LogP contribution in [0.15, 0.2) is 35.9 Å². The van der Waals surface area contributed by atoms with E-state index in [0.717, 1.165) is 44.9 Å². The number of carbonyl (C=O) groups excluding carboxylic acids is 2. The minimum Gasteiger partial charge on any atom is -0.508 e. The summed E-state index contributed by atoms with van der Waals surface area (Å²) in [4.78, 5) is 23.5. The van der Waals surface area contributed by atoms with Crippen molar-refractivity contribution in [3.63, 3.8) is 0 Å². The number of hydrogen-bond donors (Lipinski definition) is 1. The van der Waals surface area contributed by atoms with Gasteiger partial charge in [0.1, 0.15) is 18.0 Å². The summed E-state index contributed by atoms with van der Waals surface area (Å²) in [7, 11) is 0. The number of benzene rings is 1. The lowest BCUT2D eigenvalue weighted by Crippen LogP contribution is -2.53. The van der Waals surface area contributed by atoms with Gasteiger partial charge in [-0.2, -0.15) is 0 Å². The fraction of sp³-hybridized carbons (Fsp3) is 0.655. The van der Waals surface area contributed by atoms with Crippen molar-refractivity contribution in [3.05, 3.63) is 41.5 Å². The Labute approximate surface area is 202 Å². The molecule has 5 nitrogen and oxygen atoms in total. The van der Waals surface area contributed by atoms with Gasteiger partial charge in [-0.15, -0.1) is 0 Å². The molecule has 1 aromatic carbocycles. The van der Waals surface area contributed by atoms with E-state index in [9.17, 15) is 14.7 Å². The first-order valence-electron chi connectivity index (χ1n) is 13.0. The Bertz CT molecular complexity index is 996. The van der Waals surface area contributed by atoms with E-state index in [1.165, 1.54) is 25.0 Å². The Morgan fingerprint density at radius 3 is 2.29 bits per heavy atom. The number of rotatable bonds is 3. The van der Waals surface area contributed by atoms with Gasteiger partial charge in [-0.3, -0.25) is 9.59 Å². The Hall–Kier alpha value is -2.30. The lowest BCUT2D eigenvalue weighted by molar-refractivity contribution is -0.157. The molecule has 3 saturated carbocycles. The van der Waals surface area contributed by atoms with Crippen LogP contribution in [0.5, 0.6) is 5.75 Å². The lowest BCUT2D eigenvalue weighted by atomic mass is 9.45. The van der Waals surface area contributed by atoms with Crippen LogP contribution in [0.1, 0.15) is 84.1 Å². The summed E-state index contributed by atoms with van der Waals surface area (Å²) in [5.41, 5.74) is 2.77. The number of ether oxygens (including phenoxy) is 2. The van der Waals surface area contributed by atoms with E-state index in [1.54, 1.807) is 12.1 Å². The highest BCUT2D eigenvalue weighted by Gasteiger charge is 2.61. The van der Waals surface area contributed by atoms with Gasteiger partial charge in [0.15, 0.2) is 0 Å². The summed E-state index contributed by atoms with van der Waals surface area (Å²) < 4.78 is 11.5. The molecule has 34 heavy (non-hydrogen) atoms. The van der Waals surface area contributed by atoms with Crippen LogP contribution in [-0.2, 0) is 19.1 Å². The third-order valence-corrected chi connectivity index (χ3v) is 9.95. The molecule has 8 atom stereocenters. The smallest absolute Gasteiger partial charge is 0.302 e. The molecule has 0 amide bonds. The molecule has 184 valence electrons. The summed E-state index contributed by atoms with van der Waals surface area (Å²) in [6, 6.07) is 7.70. The molecule has 1 N–H and O–H groups in total. The molecular weight excluding hydrogens is 428 g/mol. The molecule has 4 aliphatic carbocycles. The van der Waals surface area contributed by atoms with E-state index in [4.69, 9.17) is 9.47 Å². The van der Waals surface area contributed by atoms with E-state index in [2.05, 4.69) is 32.1 Å². The van der Waals surface area contributed by atoms with Crippen molar-refractivity contribution in [3.8, 4) is 5.75 Å². The Balaban J connectivity index is 1.56. The van der Waals surface area contributed by atoms with Crippen molar-refractivity contribution >= 4 is 11.9 Å². The number of fused-ring (bicyclic) bond motifs is 5. The number of carbonyl (C=O) groups is 2. The average Bonchev–Trinajstić information content (AvgIpc) is 3.09. The van der Waals surface area contributed by atoms with Gasteiger partial charge < -0.3 is 14.6 Å². The molecule has 0 heterocycles. The molecule has 0 aliphatic heterocycles. The van der Waals surface area contributed by atoms with Gasteiger partial charge >= 0.3 is 11.9 Å². The van der Waals surface area contributed by atoms with Crippen molar-refractivity contribution in [2.45, 2.75) is 90.8 Å². The van der Waals surface area contributed by atoms with E-state index >= 15 is 0 Å². The van der Waals surface area contributed by atoms with Crippen LogP contribution in [0.3, 0.4) is 0 Å². The van der Waals surface area contributed by atoms with Crippen LogP contribution in [0.25, 0.3) is 0 Å². The zero-order valence-corrected chi connectivity index (χ0v) is 20.9. The summed E-state index contributed by atoms with van der Waals surface area (Å²) in [5, 5.41) is 9.93. The highest BCUT2D eigenvalue weighted by molar-refractivity contribution is 5.66. The number of allylic oxidation sites excluding steroid dienone is 1. The minimum absolute atomic E-state index is 0.00134. The second-order valence-corrected chi connectivity index (χ2v) is 11.7. The maximum Gasteiger partial charge on any atom is 0.302 e. The molecule has 0 aromatic heterocycles. The predicted molar refractivity (Wildman–Crippen MR) is 129 cm³/mol. The fourth-order valence-electron chi connectivity index (χ4n) is 8.35. The number of hydrogen-bond acceptors (Lipinski definition) is 5. The number of phenols is 1. The van der Waals surface area contributed by atoms with E-state index < -0.39 is 0 Å². The molecule has 0 unspecified atom stereocenters. The van der Waals surface area contributed by atoms with Gasteiger partial charge in [-0.25, -0.2) is 0 Å². The molecule has 0 saturated heterocycles. The number of phenolic OH excluding ortho intramolecular Hbond substituents is 1. The van der Waals surface area contributed by atoms with Crippen molar-refractivity contribution in [1.29, 1.82) is 0 Å². The van der Waals surface area contributed by atoms with Gasteiger partial charge in [-0.05, 0) is 79.4 Å². The summed E-state index contributed by atoms with van der Waals surface area (Å²) in [6.45, 7) is 7.82. The van der Waals surface area contributed by atoms with Gasteiger partial charge in [0.05, 0.1) is 0 Å². The van der Waals surface area contributed by atoms with Crippen LogP contribution in [-0.4, -0.2) is 29.3 Å². The number of aromatic hydroxyl groups is 1. The van der Waals surface area contributed by atoms with Gasteiger partial charge in [0, 0.05) is 31.6 Å². The lowest BCUT2D eigenvalue weighted by Gasteiger charge is -2.60. The van der Waals surface area contributed by atoms with Gasteiger partial charge in [0.2, 0.25) is 0 Å². The summed E-state index contributed by atoms with van der Waals surface area (Å²) in [6.07, 6.45) is 9.42. The maximum absolute atomic E-state index is 11.9. The molecular formula is C29H38O5. The highest BCUT2D eigenvalue weighted by Crippen LogP contribution is 2.67. The van der Waals surface area contributed by atoms with Gasteiger partial charge in [0.25, 0.3) is 0 Å². The van der Waals surface area contributed by atoms with E-state index in [1.807, 2.05) is 0 Å².